The molecule has 0 radical (unpaired) electrons. The molecule has 3 heteroatoms. The highest BCUT2D eigenvalue weighted by molar-refractivity contribution is 5.80. The van der Waals surface area contributed by atoms with Crippen molar-refractivity contribution in [2.45, 2.75) is 32.2 Å². The summed E-state index contributed by atoms with van der Waals surface area (Å²) in [5.74, 6) is 1.61. The fraction of sp³-hybridized carbons (Fsp3) is 0.700. The Morgan fingerprint density at radius 1 is 1.62 bits per heavy atom. The van der Waals surface area contributed by atoms with Crippen molar-refractivity contribution < 1.29 is 9.90 Å². The second-order valence-electron chi connectivity index (χ2n) is 4.46. The maximum absolute atomic E-state index is 11.0. The van der Waals surface area contributed by atoms with E-state index in [1.807, 2.05) is 0 Å². The lowest BCUT2D eigenvalue weighted by Gasteiger charge is -2.50. The summed E-state index contributed by atoms with van der Waals surface area (Å²) in [7, 11) is 0. The van der Waals surface area contributed by atoms with E-state index in [4.69, 9.17) is 11.5 Å². The Balaban J connectivity index is 2.61. The van der Waals surface area contributed by atoms with Gasteiger partial charge in [-0.1, -0.05) is 19.8 Å². The molecule has 1 fully saturated rings. The van der Waals surface area contributed by atoms with E-state index in [0.717, 1.165) is 0 Å². The van der Waals surface area contributed by atoms with Crippen LogP contribution < -0.4 is 5.32 Å². The normalized spacial score (nSPS) is 22.8. The maximum atomic E-state index is 11.0. The Morgan fingerprint density at radius 2 is 2.15 bits per heavy atom. The topological polar surface area (TPSA) is 49.3 Å². The number of carboxylic acid groups (broad SMARTS) is 1. The van der Waals surface area contributed by atoms with E-state index in [1.165, 1.54) is 0 Å². The summed E-state index contributed by atoms with van der Waals surface area (Å²) in [5, 5.41) is 11.9. The van der Waals surface area contributed by atoms with Crippen LogP contribution in [0.15, 0.2) is 0 Å². The SMILES string of the molecule is C#CCNC1(C(=O)O)CC(C)(C)C1. The molecule has 0 bridgehead atoms. The third-order valence-electron chi connectivity index (χ3n) is 2.50. The Morgan fingerprint density at radius 3 is 2.46 bits per heavy atom. The molecule has 0 aromatic rings. The van der Waals surface area contributed by atoms with Crippen molar-refractivity contribution in [1.82, 2.24) is 5.32 Å². The Hall–Kier alpha value is -1.01. The molecule has 0 unspecified atom stereocenters. The van der Waals surface area contributed by atoms with Gasteiger partial charge in [0.15, 0.2) is 0 Å². The van der Waals surface area contributed by atoms with Crippen molar-refractivity contribution in [3.05, 3.63) is 0 Å². The van der Waals surface area contributed by atoms with Crippen LogP contribution in [-0.4, -0.2) is 23.2 Å². The summed E-state index contributed by atoms with van der Waals surface area (Å²) in [6.45, 7) is 4.44. The van der Waals surface area contributed by atoms with Gasteiger partial charge in [-0.05, 0) is 18.3 Å². The van der Waals surface area contributed by atoms with E-state index in [0.29, 0.717) is 19.4 Å². The number of terminal acetylenes is 1. The minimum atomic E-state index is -0.790. The molecule has 1 saturated carbocycles. The van der Waals surface area contributed by atoms with Crippen LogP contribution in [0.4, 0.5) is 0 Å². The maximum Gasteiger partial charge on any atom is 0.323 e. The van der Waals surface area contributed by atoms with Gasteiger partial charge in [-0.25, -0.2) is 0 Å². The van der Waals surface area contributed by atoms with Crippen LogP contribution in [0.25, 0.3) is 0 Å². The Bertz CT molecular complexity index is 255. The molecule has 0 saturated heterocycles. The molecule has 0 aromatic carbocycles. The zero-order chi connectivity index (χ0) is 10.1. The monoisotopic (exact) mass is 181 g/mol. The number of hydrogen-bond acceptors (Lipinski definition) is 2. The fourth-order valence-corrected chi connectivity index (χ4v) is 2.15. The summed E-state index contributed by atoms with van der Waals surface area (Å²) in [6.07, 6.45) is 6.38. The second kappa shape index (κ2) is 3.04. The van der Waals surface area contributed by atoms with Gasteiger partial charge in [-0.3, -0.25) is 10.1 Å². The van der Waals surface area contributed by atoms with E-state index in [2.05, 4.69) is 25.1 Å². The standard InChI is InChI=1S/C10H15NO2/c1-4-5-11-10(8(12)13)6-9(2,3)7-10/h1,11H,5-7H2,2-3H3,(H,12,13). The summed E-state index contributed by atoms with van der Waals surface area (Å²) < 4.78 is 0. The highest BCUT2D eigenvalue weighted by Gasteiger charge is 2.54. The van der Waals surface area contributed by atoms with E-state index >= 15 is 0 Å². The molecular formula is C10H15NO2. The average molecular weight is 181 g/mol. The summed E-state index contributed by atoms with van der Waals surface area (Å²) in [4.78, 5) is 11.0. The molecule has 72 valence electrons. The van der Waals surface area contributed by atoms with Crippen LogP contribution >= 0.6 is 0 Å². The Labute approximate surface area is 78.5 Å². The van der Waals surface area contributed by atoms with Gasteiger partial charge in [0.25, 0.3) is 0 Å². The first-order chi connectivity index (χ1) is 5.92. The smallest absolute Gasteiger partial charge is 0.323 e. The number of carbonyl (C=O) groups is 1. The van der Waals surface area contributed by atoms with Crippen LogP contribution in [0, 0.1) is 17.8 Å². The average Bonchev–Trinajstić information content (AvgIpc) is 1.95. The minimum absolute atomic E-state index is 0.125. The van der Waals surface area contributed by atoms with Crippen molar-refractivity contribution in [3.63, 3.8) is 0 Å². The summed E-state index contributed by atoms with van der Waals surface area (Å²) in [5.41, 5.74) is -0.643. The van der Waals surface area contributed by atoms with Crippen molar-refractivity contribution in [1.29, 1.82) is 0 Å². The second-order valence-corrected chi connectivity index (χ2v) is 4.46. The highest BCUT2D eigenvalue weighted by atomic mass is 16.4. The molecular weight excluding hydrogens is 166 g/mol. The van der Waals surface area contributed by atoms with Crippen LogP contribution in [0.5, 0.6) is 0 Å². The van der Waals surface area contributed by atoms with Crippen molar-refractivity contribution in [2.75, 3.05) is 6.54 Å². The van der Waals surface area contributed by atoms with Crippen LogP contribution in [0.2, 0.25) is 0 Å². The van der Waals surface area contributed by atoms with Gasteiger partial charge in [0, 0.05) is 0 Å². The first kappa shape index (κ1) is 10.1. The summed E-state index contributed by atoms with van der Waals surface area (Å²) >= 11 is 0. The minimum Gasteiger partial charge on any atom is -0.480 e. The predicted octanol–water partition coefficient (Wildman–Crippen LogP) is 0.853. The van der Waals surface area contributed by atoms with Gasteiger partial charge >= 0.3 is 5.97 Å². The third kappa shape index (κ3) is 1.84. The molecule has 0 heterocycles. The van der Waals surface area contributed by atoms with E-state index in [1.54, 1.807) is 0 Å². The molecule has 0 spiro atoms. The third-order valence-corrected chi connectivity index (χ3v) is 2.50. The highest BCUT2D eigenvalue weighted by Crippen LogP contribution is 2.47. The molecule has 1 aliphatic carbocycles. The zero-order valence-corrected chi connectivity index (χ0v) is 8.05. The van der Waals surface area contributed by atoms with E-state index in [-0.39, 0.29) is 5.41 Å². The predicted molar refractivity (Wildman–Crippen MR) is 50.2 cm³/mol. The number of hydrogen-bond donors (Lipinski definition) is 2. The van der Waals surface area contributed by atoms with Gasteiger partial charge < -0.3 is 5.11 Å². The number of aliphatic carboxylic acids is 1. The van der Waals surface area contributed by atoms with Crippen LogP contribution in [0.3, 0.4) is 0 Å². The van der Waals surface area contributed by atoms with Crippen molar-refractivity contribution >= 4 is 5.97 Å². The quantitative estimate of drug-likeness (QED) is 0.635. The van der Waals surface area contributed by atoms with Crippen molar-refractivity contribution in [2.24, 2.45) is 5.41 Å². The summed E-state index contributed by atoms with van der Waals surface area (Å²) in [6, 6.07) is 0. The molecule has 13 heavy (non-hydrogen) atoms. The Kier molecular flexibility index (Phi) is 2.36. The molecule has 0 amide bonds. The lowest BCUT2D eigenvalue weighted by Crippen LogP contribution is -2.63. The van der Waals surface area contributed by atoms with Crippen LogP contribution in [0.1, 0.15) is 26.7 Å². The molecule has 2 N–H and O–H groups in total. The number of rotatable bonds is 3. The lowest BCUT2D eigenvalue weighted by molar-refractivity contribution is -0.154. The van der Waals surface area contributed by atoms with Crippen LogP contribution in [-0.2, 0) is 4.79 Å². The van der Waals surface area contributed by atoms with Crippen molar-refractivity contribution in [3.8, 4) is 12.3 Å². The molecule has 0 atom stereocenters. The first-order valence-corrected chi connectivity index (χ1v) is 4.34. The van der Waals surface area contributed by atoms with Gasteiger partial charge in [0.2, 0.25) is 0 Å². The lowest BCUT2D eigenvalue weighted by atomic mass is 9.59. The fourth-order valence-electron chi connectivity index (χ4n) is 2.15. The van der Waals surface area contributed by atoms with E-state index in [9.17, 15) is 4.79 Å². The molecule has 1 rings (SSSR count). The zero-order valence-electron chi connectivity index (χ0n) is 8.05. The molecule has 3 nitrogen and oxygen atoms in total. The molecule has 0 aromatic heterocycles. The number of carboxylic acids is 1. The van der Waals surface area contributed by atoms with Gasteiger partial charge in [0.05, 0.1) is 6.54 Å². The largest absolute Gasteiger partial charge is 0.480 e. The first-order valence-electron chi connectivity index (χ1n) is 4.34. The van der Waals surface area contributed by atoms with Gasteiger partial charge in [0.1, 0.15) is 5.54 Å². The number of nitrogens with one attached hydrogen (secondary N) is 1. The van der Waals surface area contributed by atoms with Gasteiger partial charge in [-0.2, -0.15) is 0 Å². The van der Waals surface area contributed by atoms with Gasteiger partial charge in [-0.15, -0.1) is 6.42 Å². The molecule has 1 aliphatic rings. The van der Waals surface area contributed by atoms with E-state index < -0.39 is 11.5 Å². The molecule has 0 aliphatic heterocycles.